The first-order valence-corrected chi connectivity index (χ1v) is 7.00. The van der Waals surface area contributed by atoms with E-state index >= 15 is 0 Å². The second-order valence-corrected chi connectivity index (χ2v) is 5.58. The van der Waals surface area contributed by atoms with E-state index in [0.717, 1.165) is 16.6 Å². The van der Waals surface area contributed by atoms with Gasteiger partial charge in [0.25, 0.3) is 5.91 Å². The van der Waals surface area contributed by atoms with Crippen molar-refractivity contribution in [2.24, 2.45) is 0 Å². The smallest absolute Gasteiger partial charge is 0.267 e. The minimum atomic E-state index is -0.407. The summed E-state index contributed by atoms with van der Waals surface area (Å²) in [5, 5.41) is 18.3. The van der Waals surface area contributed by atoms with Gasteiger partial charge >= 0.3 is 0 Å². The Balaban J connectivity index is 2.54. The lowest BCUT2D eigenvalue weighted by atomic mass is 10.1. The summed E-state index contributed by atoms with van der Waals surface area (Å²) in [5.74, 6) is -0.407. The number of carbonyl (C=O) groups is 1. The number of hydrogen-bond acceptors (Lipinski definition) is 6. The van der Waals surface area contributed by atoms with E-state index in [1.54, 1.807) is 0 Å². The lowest BCUT2D eigenvalue weighted by Gasteiger charge is -2.14. The minimum Gasteiger partial charge on any atom is -0.397 e. The number of rotatable bonds is 3. The lowest BCUT2D eigenvalue weighted by Crippen LogP contribution is -2.31. The monoisotopic (exact) mass is 299 g/mol. The number of nitrogens with zero attached hydrogens (tertiary/aromatic N) is 4. The van der Waals surface area contributed by atoms with Crippen LogP contribution in [0, 0.1) is 36.5 Å². The molecule has 0 unspecified atom stereocenters. The maximum Gasteiger partial charge on any atom is 0.267 e. The van der Waals surface area contributed by atoms with Gasteiger partial charge in [0.2, 0.25) is 0 Å². The van der Waals surface area contributed by atoms with Crippen molar-refractivity contribution in [1.82, 2.24) is 9.88 Å². The molecule has 2 aromatic heterocycles. The number of fused-ring (bicyclic) bond motifs is 1. The van der Waals surface area contributed by atoms with E-state index in [4.69, 9.17) is 16.3 Å². The highest BCUT2D eigenvalue weighted by molar-refractivity contribution is 7.21. The van der Waals surface area contributed by atoms with Crippen LogP contribution in [0.2, 0.25) is 0 Å². The molecule has 0 spiro atoms. The molecule has 1 amide bonds. The molecule has 106 valence electrons. The van der Waals surface area contributed by atoms with Crippen molar-refractivity contribution in [2.75, 3.05) is 18.8 Å². The zero-order valence-electron chi connectivity index (χ0n) is 11.7. The number of carbonyl (C=O) groups excluding carboxylic acids is 1. The second-order valence-electron chi connectivity index (χ2n) is 4.58. The zero-order valence-corrected chi connectivity index (χ0v) is 12.5. The number of nitriles is 2. The first-order valence-electron chi connectivity index (χ1n) is 6.19. The van der Waals surface area contributed by atoms with Gasteiger partial charge in [-0.15, -0.1) is 11.3 Å². The summed E-state index contributed by atoms with van der Waals surface area (Å²) in [6.07, 6.45) is 0. The molecule has 0 radical (unpaired) electrons. The van der Waals surface area contributed by atoms with Crippen LogP contribution in [0.15, 0.2) is 6.07 Å². The first-order chi connectivity index (χ1) is 9.99. The van der Waals surface area contributed by atoms with Gasteiger partial charge in [-0.2, -0.15) is 10.5 Å². The van der Waals surface area contributed by atoms with Crippen LogP contribution in [0.3, 0.4) is 0 Å². The SMILES string of the molecule is Cc1cc(C)c2c(N)c(C(=O)N(CC#N)CC#N)sc2n1. The molecule has 2 heterocycles. The molecule has 0 bridgehead atoms. The molecule has 0 fully saturated rings. The van der Waals surface area contributed by atoms with Gasteiger partial charge in [-0.05, 0) is 25.5 Å². The largest absolute Gasteiger partial charge is 0.397 e. The molecule has 21 heavy (non-hydrogen) atoms. The molecule has 2 rings (SSSR count). The number of hydrogen-bond donors (Lipinski definition) is 1. The Morgan fingerprint density at radius 3 is 2.57 bits per heavy atom. The number of amides is 1. The summed E-state index contributed by atoms with van der Waals surface area (Å²) in [6, 6.07) is 5.66. The number of anilines is 1. The molecule has 0 aliphatic heterocycles. The third-order valence-corrected chi connectivity index (χ3v) is 4.12. The van der Waals surface area contributed by atoms with Gasteiger partial charge in [-0.3, -0.25) is 4.79 Å². The van der Waals surface area contributed by atoms with E-state index in [9.17, 15) is 4.79 Å². The van der Waals surface area contributed by atoms with E-state index < -0.39 is 5.91 Å². The second kappa shape index (κ2) is 5.78. The van der Waals surface area contributed by atoms with Crippen molar-refractivity contribution >= 4 is 33.1 Å². The van der Waals surface area contributed by atoms with Crippen LogP contribution in [0.25, 0.3) is 10.2 Å². The molecule has 0 saturated heterocycles. The van der Waals surface area contributed by atoms with E-state index in [0.29, 0.717) is 15.4 Å². The maximum absolute atomic E-state index is 12.4. The molecule has 0 aromatic carbocycles. The summed E-state index contributed by atoms with van der Waals surface area (Å²) in [6.45, 7) is 3.50. The summed E-state index contributed by atoms with van der Waals surface area (Å²) in [4.78, 5) is 19.0. The molecule has 7 heteroatoms. The standard InChI is InChI=1S/C14H13N5OS/c1-8-7-9(2)18-13-10(8)11(17)12(21-13)14(20)19(5-3-15)6-4-16/h7H,5-6,17H2,1-2H3. The van der Waals surface area contributed by atoms with Crippen LogP contribution in [-0.2, 0) is 0 Å². The fraction of sp³-hybridized carbons (Fsp3) is 0.286. The summed E-state index contributed by atoms with van der Waals surface area (Å²) in [7, 11) is 0. The van der Waals surface area contributed by atoms with E-state index in [-0.39, 0.29) is 13.1 Å². The highest BCUT2D eigenvalue weighted by Gasteiger charge is 2.23. The molecule has 6 nitrogen and oxygen atoms in total. The molecular weight excluding hydrogens is 286 g/mol. The van der Waals surface area contributed by atoms with E-state index in [1.807, 2.05) is 32.1 Å². The highest BCUT2D eigenvalue weighted by Crippen LogP contribution is 2.35. The Hall–Kier alpha value is -2.64. The average Bonchev–Trinajstić information content (AvgIpc) is 2.74. The van der Waals surface area contributed by atoms with Crippen molar-refractivity contribution in [3.63, 3.8) is 0 Å². The fourth-order valence-electron chi connectivity index (χ4n) is 2.14. The predicted molar refractivity (Wildman–Crippen MR) is 80.6 cm³/mol. The zero-order chi connectivity index (χ0) is 15.6. The molecule has 2 aromatic rings. The van der Waals surface area contributed by atoms with Crippen LogP contribution in [0.5, 0.6) is 0 Å². The Kier molecular flexibility index (Phi) is 4.06. The highest BCUT2D eigenvalue weighted by atomic mass is 32.1. The molecular formula is C14H13N5OS. The van der Waals surface area contributed by atoms with Crippen LogP contribution in [0.4, 0.5) is 5.69 Å². The van der Waals surface area contributed by atoms with Crippen LogP contribution < -0.4 is 5.73 Å². The fourth-order valence-corrected chi connectivity index (χ4v) is 3.33. The summed E-state index contributed by atoms with van der Waals surface area (Å²) in [5.41, 5.74) is 8.25. The van der Waals surface area contributed by atoms with Crippen molar-refractivity contribution in [1.29, 1.82) is 10.5 Å². The van der Waals surface area contributed by atoms with E-state index in [1.165, 1.54) is 16.2 Å². The van der Waals surface area contributed by atoms with Crippen molar-refractivity contribution in [3.05, 3.63) is 22.2 Å². The predicted octanol–water partition coefficient (Wildman–Crippen LogP) is 1.98. The van der Waals surface area contributed by atoms with Crippen molar-refractivity contribution in [3.8, 4) is 12.1 Å². The van der Waals surface area contributed by atoms with Crippen LogP contribution >= 0.6 is 11.3 Å². The van der Waals surface area contributed by atoms with E-state index in [2.05, 4.69) is 4.98 Å². The number of nitrogens with two attached hydrogens (primary N) is 1. The van der Waals surface area contributed by atoms with Gasteiger partial charge in [-0.25, -0.2) is 4.98 Å². The number of thiophene rings is 1. The number of pyridine rings is 1. The van der Waals surface area contributed by atoms with Crippen LogP contribution in [0.1, 0.15) is 20.9 Å². The Morgan fingerprint density at radius 1 is 1.38 bits per heavy atom. The summed E-state index contributed by atoms with van der Waals surface area (Å²) >= 11 is 1.19. The van der Waals surface area contributed by atoms with Gasteiger partial charge < -0.3 is 10.6 Å². The lowest BCUT2D eigenvalue weighted by molar-refractivity contribution is 0.0800. The topological polar surface area (TPSA) is 107 Å². The minimum absolute atomic E-state index is 0.147. The van der Waals surface area contributed by atoms with Gasteiger partial charge in [0, 0.05) is 11.1 Å². The van der Waals surface area contributed by atoms with Crippen molar-refractivity contribution < 1.29 is 4.79 Å². The number of aromatic nitrogens is 1. The normalized spacial score (nSPS) is 10.1. The number of aryl methyl sites for hydroxylation is 2. The Bertz CT molecular complexity index is 780. The molecule has 0 saturated carbocycles. The third kappa shape index (κ3) is 2.64. The van der Waals surface area contributed by atoms with Crippen LogP contribution in [-0.4, -0.2) is 28.9 Å². The molecule has 0 aliphatic rings. The average molecular weight is 299 g/mol. The van der Waals surface area contributed by atoms with Gasteiger partial charge in [0.05, 0.1) is 17.8 Å². The number of nitrogen functional groups attached to an aromatic ring is 1. The molecule has 2 N–H and O–H groups in total. The Labute approximate surface area is 126 Å². The van der Waals surface area contributed by atoms with Gasteiger partial charge in [0.1, 0.15) is 22.8 Å². The Morgan fingerprint density at radius 2 is 2.00 bits per heavy atom. The quantitative estimate of drug-likeness (QED) is 0.872. The molecule has 0 aliphatic carbocycles. The van der Waals surface area contributed by atoms with Crippen molar-refractivity contribution in [2.45, 2.75) is 13.8 Å². The summed E-state index contributed by atoms with van der Waals surface area (Å²) < 4.78 is 0. The maximum atomic E-state index is 12.4. The molecule has 0 atom stereocenters. The van der Waals surface area contributed by atoms with Gasteiger partial charge in [0.15, 0.2) is 0 Å². The van der Waals surface area contributed by atoms with Gasteiger partial charge in [-0.1, -0.05) is 0 Å². The third-order valence-electron chi connectivity index (χ3n) is 3.03. The first kappa shape index (κ1) is 14.8.